The normalized spacial score (nSPS) is 17.6. The number of rotatable bonds is 2. The highest BCUT2D eigenvalue weighted by Gasteiger charge is 2.17. The Balaban J connectivity index is 1.84. The van der Waals surface area contributed by atoms with Crippen LogP contribution in [0.25, 0.3) is 0 Å². The molecule has 3 rings (SSSR count). The lowest BCUT2D eigenvalue weighted by Crippen LogP contribution is -2.11. The van der Waals surface area contributed by atoms with Gasteiger partial charge in [0.15, 0.2) is 0 Å². The molecule has 0 saturated heterocycles. The van der Waals surface area contributed by atoms with E-state index in [4.69, 9.17) is 5.26 Å². The Morgan fingerprint density at radius 2 is 1.80 bits per heavy atom. The maximum atomic E-state index is 8.85. The van der Waals surface area contributed by atoms with E-state index in [9.17, 15) is 0 Å². The molecule has 0 aromatic heterocycles. The summed E-state index contributed by atoms with van der Waals surface area (Å²) in [5.41, 5.74) is 4.69. The van der Waals surface area contributed by atoms with Crippen LogP contribution in [0.1, 0.15) is 42.0 Å². The SMILES string of the molecule is N#Cc1ccc(NC2CCCCc3ccccc32)cc1. The van der Waals surface area contributed by atoms with E-state index in [1.807, 2.05) is 24.3 Å². The van der Waals surface area contributed by atoms with E-state index >= 15 is 0 Å². The zero-order valence-electron chi connectivity index (χ0n) is 11.5. The minimum Gasteiger partial charge on any atom is -0.378 e. The summed E-state index contributed by atoms with van der Waals surface area (Å²) in [7, 11) is 0. The van der Waals surface area contributed by atoms with Gasteiger partial charge in [0, 0.05) is 5.69 Å². The smallest absolute Gasteiger partial charge is 0.0991 e. The molecule has 1 aliphatic rings. The lowest BCUT2D eigenvalue weighted by Gasteiger charge is -2.20. The predicted octanol–water partition coefficient (Wildman–Crippen LogP) is 4.44. The molecule has 20 heavy (non-hydrogen) atoms. The Morgan fingerprint density at radius 3 is 2.60 bits per heavy atom. The molecule has 0 amide bonds. The van der Waals surface area contributed by atoms with E-state index in [-0.39, 0.29) is 0 Å². The third kappa shape index (κ3) is 2.67. The Labute approximate surface area is 120 Å². The fourth-order valence-electron chi connectivity index (χ4n) is 2.91. The highest BCUT2D eigenvalue weighted by molar-refractivity contribution is 5.49. The van der Waals surface area contributed by atoms with Crippen molar-refractivity contribution in [2.75, 3.05) is 5.32 Å². The van der Waals surface area contributed by atoms with Crippen molar-refractivity contribution in [1.82, 2.24) is 0 Å². The standard InChI is InChI=1S/C18H18N2/c19-13-14-9-11-16(12-10-14)20-18-8-4-2-6-15-5-1-3-7-17(15)18/h1,3,5,7,9-12,18,20H,2,4,6,8H2. The third-order valence-electron chi connectivity index (χ3n) is 3.97. The van der Waals surface area contributed by atoms with Crippen LogP contribution in [-0.4, -0.2) is 0 Å². The number of fused-ring (bicyclic) bond motifs is 1. The van der Waals surface area contributed by atoms with Gasteiger partial charge in [0.25, 0.3) is 0 Å². The zero-order chi connectivity index (χ0) is 13.8. The summed E-state index contributed by atoms with van der Waals surface area (Å²) in [4.78, 5) is 0. The van der Waals surface area contributed by atoms with Crippen LogP contribution >= 0.6 is 0 Å². The lowest BCUT2D eigenvalue weighted by atomic mass is 9.99. The quantitative estimate of drug-likeness (QED) is 0.812. The third-order valence-corrected chi connectivity index (χ3v) is 3.97. The maximum absolute atomic E-state index is 8.85. The molecular weight excluding hydrogens is 244 g/mol. The first-order valence-corrected chi connectivity index (χ1v) is 7.21. The first kappa shape index (κ1) is 12.7. The number of aryl methyl sites for hydroxylation is 1. The second kappa shape index (κ2) is 5.79. The molecular formula is C18H18N2. The second-order valence-corrected chi connectivity index (χ2v) is 5.33. The van der Waals surface area contributed by atoms with Gasteiger partial charge in [-0.1, -0.05) is 30.7 Å². The highest BCUT2D eigenvalue weighted by Crippen LogP contribution is 2.31. The topological polar surface area (TPSA) is 35.8 Å². The van der Waals surface area contributed by atoms with E-state index in [0.717, 1.165) is 12.1 Å². The Kier molecular flexibility index (Phi) is 3.69. The first-order chi connectivity index (χ1) is 9.86. The molecule has 2 nitrogen and oxygen atoms in total. The summed E-state index contributed by atoms with van der Waals surface area (Å²) in [5.74, 6) is 0. The summed E-state index contributed by atoms with van der Waals surface area (Å²) < 4.78 is 0. The first-order valence-electron chi connectivity index (χ1n) is 7.21. The van der Waals surface area contributed by atoms with Gasteiger partial charge in [-0.25, -0.2) is 0 Å². The number of anilines is 1. The van der Waals surface area contributed by atoms with Crippen LogP contribution in [0.2, 0.25) is 0 Å². The number of hydrogen-bond acceptors (Lipinski definition) is 2. The van der Waals surface area contributed by atoms with Gasteiger partial charge in [-0.3, -0.25) is 0 Å². The average Bonchev–Trinajstić information content (AvgIpc) is 2.71. The van der Waals surface area contributed by atoms with Crippen LogP contribution in [0.4, 0.5) is 5.69 Å². The van der Waals surface area contributed by atoms with Crippen LogP contribution in [-0.2, 0) is 6.42 Å². The van der Waals surface area contributed by atoms with Crippen molar-refractivity contribution >= 4 is 5.69 Å². The number of nitriles is 1. The summed E-state index contributed by atoms with van der Waals surface area (Å²) >= 11 is 0. The minimum atomic E-state index is 0.377. The molecule has 1 unspecified atom stereocenters. The molecule has 1 aliphatic carbocycles. The van der Waals surface area contributed by atoms with Gasteiger partial charge in [-0.15, -0.1) is 0 Å². The van der Waals surface area contributed by atoms with Gasteiger partial charge in [0.1, 0.15) is 0 Å². The Hall–Kier alpha value is -2.27. The van der Waals surface area contributed by atoms with Crippen LogP contribution in [0, 0.1) is 11.3 Å². The van der Waals surface area contributed by atoms with E-state index < -0.39 is 0 Å². The minimum absolute atomic E-state index is 0.377. The van der Waals surface area contributed by atoms with E-state index in [2.05, 4.69) is 35.7 Å². The van der Waals surface area contributed by atoms with Crippen molar-refractivity contribution in [2.24, 2.45) is 0 Å². The average molecular weight is 262 g/mol. The molecule has 0 spiro atoms. The highest BCUT2D eigenvalue weighted by atomic mass is 14.9. The van der Waals surface area contributed by atoms with Crippen LogP contribution in [0.15, 0.2) is 48.5 Å². The van der Waals surface area contributed by atoms with Gasteiger partial charge < -0.3 is 5.32 Å². The van der Waals surface area contributed by atoms with Crippen molar-refractivity contribution in [3.63, 3.8) is 0 Å². The fourth-order valence-corrected chi connectivity index (χ4v) is 2.91. The molecule has 2 heteroatoms. The van der Waals surface area contributed by atoms with Crippen molar-refractivity contribution in [2.45, 2.75) is 31.7 Å². The largest absolute Gasteiger partial charge is 0.378 e. The van der Waals surface area contributed by atoms with Crippen molar-refractivity contribution < 1.29 is 0 Å². The predicted molar refractivity (Wildman–Crippen MR) is 81.5 cm³/mol. The van der Waals surface area contributed by atoms with Gasteiger partial charge in [-0.2, -0.15) is 5.26 Å². The molecule has 0 radical (unpaired) electrons. The Morgan fingerprint density at radius 1 is 1.00 bits per heavy atom. The number of nitrogens with zero attached hydrogens (tertiary/aromatic N) is 1. The summed E-state index contributed by atoms with van der Waals surface area (Å²) in [5, 5.41) is 12.5. The molecule has 1 N–H and O–H groups in total. The maximum Gasteiger partial charge on any atom is 0.0991 e. The summed E-state index contributed by atoms with van der Waals surface area (Å²) in [6, 6.07) is 19.0. The zero-order valence-corrected chi connectivity index (χ0v) is 11.5. The lowest BCUT2D eigenvalue weighted by molar-refractivity contribution is 0.644. The fraction of sp³-hybridized carbons (Fsp3) is 0.278. The van der Waals surface area contributed by atoms with E-state index in [0.29, 0.717) is 11.6 Å². The molecule has 2 aromatic carbocycles. The second-order valence-electron chi connectivity index (χ2n) is 5.33. The van der Waals surface area contributed by atoms with E-state index in [1.165, 1.54) is 30.4 Å². The molecule has 0 saturated carbocycles. The number of nitrogens with one attached hydrogen (secondary N) is 1. The van der Waals surface area contributed by atoms with Crippen LogP contribution in [0.3, 0.4) is 0 Å². The molecule has 100 valence electrons. The van der Waals surface area contributed by atoms with Crippen molar-refractivity contribution in [3.05, 3.63) is 65.2 Å². The van der Waals surface area contributed by atoms with Gasteiger partial charge >= 0.3 is 0 Å². The van der Waals surface area contributed by atoms with Crippen molar-refractivity contribution in [1.29, 1.82) is 5.26 Å². The van der Waals surface area contributed by atoms with Gasteiger partial charge in [-0.05, 0) is 54.7 Å². The molecule has 0 heterocycles. The monoisotopic (exact) mass is 262 g/mol. The summed E-state index contributed by atoms with van der Waals surface area (Å²) in [6.07, 6.45) is 4.87. The van der Waals surface area contributed by atoms with Gasteiger partial charge in [0.2, 0.25) is 0 Å². The van der Waals surface area contributed by atoms with Crippen molar-refractivity contribution in [3.8, 4) is 6.07 Å². The van der Waals surface area contributed by atoms with Crippen LogP contribution in [0.5, 0.6) is 0 Å². The van der Waals surface area contributed by atoms with E-state index in [1.54, 1.807) is 0 Å². The molecule has 0 aliphatic heterocycles. The van der Waals surface area contributed by atoms with Crippen LogP contribution < -0.4 is 5.32 Å². The Bertz CT molecular complexity index is 623. The molecule has 1 atom stereocenters. The molecule has 2 aromatic rings. The molecule has 0 bridgehead atoms. The summed E-state index contributed by atoms with van der Waals surface area (Å²) in [6.45, 7) is 0. The number of hydrogen-bond donors (Lipinski definition) is 1. The number of benzene rings is 2. The molecule has 0 fully saturated rings. The van der Waals surface area contributed by atoms with Gasteiger partial charge in [0.05, 0.1) is 17.7 Å².